The van der Waals surface area contributed by atoms with Crippen LogP contribution in [-0.4, -0.2) is 29.2 Å². The number of aromatic nitrogens is 2. The summed E-state index contributed by atoms with van der Waals surface area (Å²) in [4.78, 5) is 12.1. The normalized spacial score (nSPS) is 18.3. The Hall–Kier alpha value is -1.17. The Morgan fingerprint density at radius 2 is 2.00 bits per heavy atom. The highest BCUT2D eigenvalue weighted by molar-refractivity contribution is 7.17. The van der Waals surface area contributed by atoms with Gasteiger partial charge in [0.2, 0.25) is 10.1 Å². The molecule has 110 valence electrons. The molecule has 2 fully saturated rings. The van der Waals surface area contributed by atoms with Crippen LogP contribution in [0.25, 0.3) is 0 Å². The molecule has 2 aliphatic carbocycles. The highest BCUT2D eigenvalue weighted by Gasteiger charge is 2.41. The molecule has 1 aromatic heterocycles. The Labute approximate surface area is 123 Å². The minimum atomic E-state index is -0.0710. The van der Waals surface area contributed by atoms with Crippen LogP contribution in [0.4, 0.5) is 5.13 Å². The molecule has 0 radical (unpaired) electrons. The predicted octanol–water partition coefficient (Wildman–Crippen LogP) is 2.53. The predicted molar refractivity (Wildman–Crippen MR) is 80.0 cm³/mol. The van der Waals surface area contributed by atoms with Crippen LogP contribution < -0.4 is 10.6 Å². The van der Waals surface area contributed by atoms with E-state index in [1.807, 2.05) is 0 Å². The van der Waals surface area contributed by atoms with Crippen molar-refractivity contribution in [2.45, 2.75) is 39.0 Å². The highest BCUT2D eigenvalue weighted by Crippen LogP contribution is 2.48. The van der Waals surface area contributed by atoms with Crippen molar-refractivity contribution in [3.05, 3.63) is 5.01 Å². The summed E-state index contributed by atoms with van der Waals surface area (Å²) in [7, 11) is 0. The Morgan fingerprint density at radius 3 is 2.60 bits per heavy atom. The van der Waals surface area contributed by atoms with Gasteiger partial charge >= 0.3 is 0 Å². The van der Waals surface area contributed by atoms with Gasteiger partial charge in [0.05, 0.1) is 0 Å². The van der Waals surface area contributed by atoms with Crippen molar-refractivity contribution in [3.8, 4) is 0 Å². The van der Waals surface area contributed by atoms with E-state index in [2.05, 4.69) is 27.8 Å². The first-order chi connectivity index (χ1) is 9.78. The average Bonchev–Trinajstić information content (AvgIpc) is 3.37. The van der Waals surface area contributed by atoms with Gasteiger partial charge in [-0.15, -0.1) is 10.2 Å². The summed E-state index contributed by atoms with van der Waals surface area (Å²) >= 11 is 1.34. The van der Waals surface area contributed by atoms with Crippen molar-refractivity contribution < 1.29 is 4.79 Å². The van der Waals surface area contributed by atoms with Gasteiger partial charge in [0.1, 0.15) is 0 Å². The second-order valence-corrected chi connectivity index (χ2v) is 6.87. The Balaban J connectivity index is 1.49. The fourth-order valence-electron chi connectivity index (χ4n) is 2.67. The monoisotopic (exact) mass is 294 g/mol. The van der Waals surface area contributed by atoms with E-state index >= 15 is 0 Å². The first kappa shape index (κ1) is 13.8. The summed E-state index contributed by atoms with van der Waals surface area (Å²) in [6.45, 7) is 3.77. The summed E-state index contributed by atoms with van der Waals surface area (Å²) in [5.41, 5.74) is 0. The molecule has 5 nitrogen and oxygen atoms in total. The van der Waals surface area contributed by atoms with Crippen LogP contribution in [0.5, 0.6) is 0 Å². The molecule has 0 saturated heterocycles. The van der Waals surface area contributed by atoms with Gasteiger partial charge < -0.3 is 10.6 Å². The number of amides is 1. The molecule has 6 heteroatoms. The number of rotatable bonds is 8. The average molecular weight is 294 g/mol. The van der Waals surface area contributed by atoms with Crippen LogP contribution in [0.2, 0.25) is 0 Å². The van der Waals surface area contributed by atoms with Crippen molar-refractivity contribution in [2.24, 2.45) is 17.8 Å². The molecule has 0 aliphatic heterocycles. The van der Waals surface area contributed by atoms with Gasteiger partial charge in [-0.2, -0.15) is 0 Å². The van der Waals surface area contributed by atoms with Crippen LogP contribution in [0.3, 0.4) is 0 Å². The molecule has 0 aromatic carbocycles. The number of carbonyl (C=O) groups is 1. The lowest BCUT2D eigenvalue weighted by molar-refractivity contribution is 0.0942. The summed E-state index contributed by atoms with van der Waals surface area (Å²) in [6, 6.07) is 0. The van der Waals surface area contributed by atoms with Crippen molar-refractivity contribution in [1.82, 2.24) is 15.5 Å². The summed E-state index contributed by atoms with van der Waals surface area (Å²) in [5, 5.41) is 15.4. The third kappa shape index (κ3) is 3.48. The van der Waals surface area contributed by atoms with E-state index in [0.717, 1.165) is 36.5 Å². The second kappa shape index (κ2) is 6.08. The van der Waals surface area contributed by atoms with E-state index < -0.39 is 0 Å². The van der Waals surface area contributed by atoms with Gasteiger partial charge in [0.25, 0.3) is 5.91 Å². The van der Waals surface area contributed by atoms with E-state index in [1.54, 1.807) is 0 Å². The van der Waals surface area contributed by atoms with Gasteiger partial charge in [-0.1, -0.05) is 18.3 Å². The Morgan fingerprint density at radius 1 is 1.30 bits per heavy atom. The minimum absolute atomic E-state index is 0.0710. The zero-order chi connectivity index (χ0) is 13.9. The number of nitrogens with one attached hydrogen (secondary N) is 2. The first-order valence-corrected chi connectivity index (χ1v) is 8.45. The summed E-state index contributed by atoms with van der Waals surface area (Å²) in [5.74, 6) is 2.35. The molecular formula is C14H22N4OS. The quantitative estimate of drug-likeness (QED) is 0.773. The van der Waals surface area contributed by atoms with Crippen molar-refractivity contribution in [2.75, 3.05) is 18.4 Å². The van der Waals surface area contributed by atoms with E-state index in [1.165, 1.54) is 37.0 Å². The van der Waals surface area contributed by atoms with Crippen molar-refractivity contribution in [3.63, 3.8) is 0 Å². The van der Waals surface area contributed by atoms with E-state index in [-0.39, 0.29) is 5.91 Å². The maximum Gasteiger partial charge on any atom is 0.282 e. The third-order valence-corrected chi connectivity index (χ3v) is 4.98. The molecule has 0 spiro atoms. The Bertz CT molecular complexity index is 455. The first-order valence-electron chi connectivity index (χ1n) is 7.63. The zero-order valence-electron chi connectivity index (χ0n) is 11.9. The molecule has 20 heavy (non-hydrogen) atoms. The third-order valence-electron chi connectivity index (χ3n) is 4.10. The zero-order valence-corrected chi connectivity index (χ0v) is 12.7. The van der Waals surface area contributed by atoms with E-state index in [4.69, 9.17) is 0 Å². The smallest absolute Gasteiger partial charge is 0.282 e. The van der Waals surface area contributed by atoms with Crippen molar-refractivity contribution in [1.29, 1.82) is 0 Å². The minimum Gasteiger partial charge on any atom is -0.360 e. The standard InChI is InChI=1S/C14H22N4OS/c1-2-7-15-14-18-17-13(20-14)12(19)16-8-11(9-3-4-9)10-5-6-10/h9-11H,2-8H2,1H3,(H,15,18)(H,16,19). The lowest BCUT2D eigenvalue weighted by atomic mass is 9.98. The van der Waals surface area contributed by atoms with Crippen LogP contribution in [0.1, 0.15) is 48.8 Å². The maximum absolute atomic E-state index is 12.1. The van der Waals surface area contributed by atoms with Gasteiger partial charge in [0, 0.05) is 13.1 Å². The van der Waals surface area contributed by atoms with Gasteiger partial charge in [-0.05, 0) is 49.9 Å². The van der Waals surface area contributed by atoms with Crippen LogP contribution >= 0.6 is 11.3 Å². The van der Waals surface area contributed by atoms with Gasteiger partial charge in [-0.25, -0.2) is 0 Å². The molecule has 1 aromatic rings. The SMILES string of the molecule is CCCNc1nnc(C(=O)NCC(C2CC2)C2CC2)s1. The molecule has 2 N–H and O–H groups in total. The largest absolute Gasteiger partial charge is 0.360 e. The molecule has 1 amide bonds. The van der Waals surface area contributed by atoms with E-state index in [9.17, 15) is 4.79 Å². The van der Waals surface area contributed by atoms with Crippen LogP contribution in [0.15, 0.2) is 0 Å². The number of hydrogen-bond donors (Lipinski definition) is 2. The molecule has 3 rings (SSSR count). The number of anilines is 1. The van der Waals surface area contributed by atoms with Gasteiger partial charge in [-0.3, -0.25) is 4.79 Å². The van der Waals surface area contributed by atoms with Crippen LogP contribution in [-0.2, 0) is 0 Å². The Kier molecular flexibility index (Phi) is 4.19. The molecule has 0 atom stereocenters. The lowest BCUT2D eigenvalue weighted by Crippen LogP contribution is -2.31. The van der Waals surface area contributed by atoms with E-state index in [0.29, 0.717) is 10.9 Å². The molecule has 1 heterocycles. The highest BCUT2D eigenvalue weighted by atomic mass is 32.1. The van der Waals surface area contributed by atoms with Gasteiger partial charge in [0.15, 0.2) is 0 Å². The summed E-state index contributed by atoms with van der Waals surface area (Å²) in [6.07, 6.45) is 6.43. The topological polar surface area (TPSA) is 66.9 Å². The fourth-order valence-corrected chi connectivity index (χ4v) is 3.36. The molecular weight excluding hydrogens is 272 g/mol. The molecule has 0 unspecified atom stereocenters. The van der Waals surface area contributed by atoms with Crippen molar-refractivity contribution >= 4 is 22.4 Å². The molecule has 0 bridgehead atoms. The second-order valence-electron chi connectivity index (χ2n) is 5.89. The number of hydrogen-bond acceptors (Lipinski definition) is 5. The molecule has 2 saturated carbocycles. The summed E-state index contributed by atoms with van der Waals surface area (Å²) < 4.78 is 0. The molecule has 2 aliphatic rings. The fraction of sp³-hybridized carbons (Fsp3) is 0.786. The number of carbonyl (C=O) groups excluding carboxylic acids is 1. The number of nitrogens with zero attached hydrogens (tertiary/aromatic N) is 2. The van der Waals surface area contributed by atoms with Crippen LogP contribution in [0, 0.1) is 17.8 Å². The maximum atomic E-state index is 12.1. The lowest BCUT2D eigenvalue weighted by Gasteiger charge is -2.15.